The summed E-state index contributed by atoms with van der Waals surface area (Å²) in [6, 6.07) is 39.5. The van der Waals surface area contributed by atoms with Crippen LogP contribution in [-0.4, -0.2) is 17.8 Å². The molecule has 7 aromatic carbocycles. The van der Waals surface area contributed by atoms with Crippen LogP contribution in [0.25, 0.3) is 33.1 Å². The SMILES string of the molecule is [2H]c1c([2H])c([2H])c2c(c1[2H])N(c1cc3c4c(c1)N1c5c(cc(C(C)(C)C)cc5C5(C)CCCCC15C)B4c1c(ccc4c1oc1ccc(C(C)(C)C)cc14)N3c1ccc(C(C)(C)C)cc1-c1ccccc1)C1(C)CCCCC21C. The standard InChI is InChI=1S/C70H76BN3O/c1-64(2,3)44-27-30-54(49(37-44)43-23-15-14-16-24-43)72-56-31-29-48-50-38-45(65(4,5)6)28-32-59(50)75-63(48)61(56)71-53-40-46(66(7,8)9)39-52-62(53)74(70(13)36-22-20-34-68(52,70)11)58-42-47(41-57(72)60(58)71)73-55-26-18-17-25-51(55)67(10)33-19-21-35-69(67,73)12/h14-18,23-32,37-42H,19-22,33-36H2,1-13H3/i17D,18D,25D,26D. The van der Waals surface area contributed by atoms with Crippen molar-refractivity contribution in [1.82, 2.24) is 0 Å². The summed E-state index contributed by atoms with van der Waals surface area (Å²) >= 11 is 0. The Kier molecular flexibility index (Phi) is 8.74. The third kappa shape index (κ3) is 6.19. The molecular formula is C70H76BN3O. The van der Waals surface area contributed by atoms with Crippen LogP contribution >= 0.6 is 0 Å². The van der Waals surface area contributed by atoms with E-state index in [1.165, 1.54) is 56.4 Å². The Bertz CT molecular complexity index is 3970. The molecule has 4 nitrogen and oxygen atoms in total. The molecule has 2 saturated carbocycles. The van der Waals surface area contributed by atoms with Gasteiger partial charge >= 0.3 is 0 Å². The molecule has 2 fully saturated rings. The van der Waals surface area contributed by atoms with Crippen LogP contribution in [-0.2, 0) is 27.1 Å². The van der Waals surface area contributed by atoms with Crippen LogP contribution in [0.15, 0.2) is 132 Å². The first-order valence-electron chi connectivity index (χ1n) is 30.3. The maximum absolute atomic E-state index is 9.95. The van der Waals surface area contributed by atoms with Crippen molar-refractivity contribution in [2.24, 2.45) is 0 Å². The molecule has 0 bridgehead atoms. The van der Waals surface area contributed by atoms with Gasteiger partial charge in [-0.3, -0.25) is 0 Å². The van der Waals surface area contributed by atoms with Gasteiger partial charge in [0.1, 0.15) is 11.2 Å². The molecule has 14 rings (SSSR count). The smallest absolute Gasteiger partial charge is 0.257 e. The molecule has 0 amide bonds. The van der Waals surface area contributed by atoms with Crippen molar-refractivity contribution < 1.29 is 9.90 Å². The Labute approximate surface area is 453 Å². The van der Waals surface area contributed by atoms with Crippen molar-refractivity contribution in [2.75, 3.05) is 14.7 Å². The summed E-state index contributed by atoms with van der Waals surface area (Å²) in [5, 5.41) is 2.26. The predicted molar refractivity (Wildman–Crippen MR) is 320 cm³/mol. The molecular weight excluding hydrogens is 910 g/mol. The molecule has 4 atom stereocenters. The maximum Gasteiger partial charge on any atom is 0.257 e. The summed E-state index contributed by atoms with van der Waals surface area (Å²) in [7, 11) is 0. The lowest BCUT2D eigenvalue weighted by Crippen LogP contribution is -2.64. The summed E-state index contributed by atoms with van der Waals surface area (Å²) < 4.78 is 45.6. The molecule has 0 radical (unpaired) electrons. The van der Waals surface area contributed by atoms with Gasteiger partial charge in [0.25, 0.3) is 6.71 Å². The molecule has 5 heterocycles. The van der Waals surface area contributed by atoms with Gasteiger partial charge in [0, 0.05) is 61.3 Å². The molecule has 8 aromatic rings. The lowest BCUT2D eigenvalue weighted by molar-refractivity contribution is 0.194. The highest BCUT2D eigenvalue weighted by atomic mass is 16.3. The first-order chi connectivity index (χ1) is 37.2. The normalized spacial score (nSPS) is 25.3. The number of anilines is 7. The average molecular weight is 990 g/mol. The summed E-state index contributed by atoms with van der Waals surface area (Å²) in [5.41, 5.74) is 19.5. The van der Waals surface area contributed by atoms with Gasteiger partial charge < -0.3 is 19.1 Å². The van der Waals surface area contributed by atoms with Crippen molar-refractivity contribution >= 4 is 84.9 Å². The molecule has 1 aromatic heterocycles. The van der Waals surface area contributed by atoms with E-state index in [0.717, 1.165) is 106 Å². The fourth-order valence-corrected chi connectivity index (χ4v) is 15.8. The average Bonchev–Trinajstić information content (AvgIpc) is 1.98. The summed E-state index contributed by atoms with van der Waals surface area (Å²) in [6.45, 7) is 30.5. The number of benzene rings is 7. The third-order valence-corrected chi connectivity index (χ3v) is 20.5. The highest BCUT2D eigenvalue weighted by Gasteiger charge is 2.63. The molecule has 4 unspecified atom stereocenters. The zero-order valence-electron chi connectivity index (χ0n) is 50.8. The minimum Gasteiger partial charge on any atom is -0.457 e. The number of rotatable bonds is 3. The Hall–Kier alpha value is -6.20. The van der Waals surface area contributed by atoms with E-state index in [1.54, 1.807) is 0 Å². The monoisotopic (exact) mass is 990 g/mol. The molecule has 0 saturated heterocycles. The van der Waals surface area contributed by atoms with Crippen LogP contribution in [0.2, 0.25) is 0 Å². The minimum absolute atomic E-state index is 0.0423. The molecule has 5 heteroatoms. The highest BCUT2D eigenvalue weighted by molar-refractivity contribution is 7.01. The van der Waals surface area contributed by atoms with E-state index >= 15 is 0 Å². The first-order valence-corrected chi connectivity index (χ1v) is 28.3. The van der Waals surface area contributed by atoms with Gasteiger partial charge in [0.2, 0.25) is 0 Å². The van der Waals surface area contributed by atoms with Crippen molar-refractivity contribution in [3.8, 4) is 11.1 Å². The van der Waals surface area contributed by atoms with Gasteiger partial charge in [-0.05, 0) is 160 Å². The van der Waals surface area contributed by atoms with Gasteiger partial charge in [0.05, 0.1) is 22.2 Å². The Morgan fingerprint density at radius 2 is 1.13 bits per heavy atom. The van der Waals surface area contributed by atoms with Gasteiger partial charge in [-0.25, -0.2) is 0 Å². The highest BCUT2D eigenvalue weighted by Crippen LogP contribution is 2.65. The largest absolute Gasteiger partial charge is 0.457 e. The quantitative estimate of drug-likeness (QED) is 0.165. The van der Waals surface area contributed by atoms with Crippen molar-refractivity contribution in [1.29, 1.82) is 0 Å². The van der Waals surface area contributed by atoms with Crippen LogP contribution in [0, 0.1) is 0 Å². The topological polar surface area (TPSA) is 22.9 Å². The van der Waals surface area contributed by atoms with Gasteiger partial charge in [-0.1, -0.05) is 175 Å². The van der Waals surface area contributed by atoms with E-state index in [2.05, 4.69) is 208 Å². The molecule has 0 N–H and O–H groups in total. The first kappa shape index (κ1) is 43.0. The summed E-state index contributed by atoms with van der Waals surface area (Å²) in [6.07, 6.45) is 8.16. The second-order valence-electron chi connectivity index (χ2n) is 27.7. The number of fused-ring (bicyclic) bond motifs is 14. The molecule has 75 heavy (non-hydrogen) atoms. The Morgan fingerprint density at radius 3 is 1.84 bits per heavy atom. The molecule has 2 aliphatic carbocycles. The number of para-hydroxylation sites is 1. The van der Waals surface area contributed by atoms with Crippen molar-refractivity contribution in [3.63, 3.8) is 0 Å². The zero-order valence-corrected chi connectivity index (χ0v) is 46.8. The Morgan fingerprint density at radius 1 is 0.520 bits per heavy atom. The van der Waals surface area contributed by atoms with E-state index in [0.29, 0.717) is 5.69 Å². The second-order valence-corrected chi connectivity index (χ2v) is 27.7. The minimum atomic E-state index is -0.555. The summed E-state index contributed by atoms with van der Waals surface area (Å²) in [5.74, 6) is 0. The number of furan rings is 1. The van der Waals surface area contributed by atoms with Crippen LogP contribution < -0.4 is 31.1 Å². The molecule has 4 aliphatic heterocycles. The van der Waals surface area contributed by atoms with Gasteiger partial charge in [0.15, 0.2) is 0 Å². The van der Waals surface area contributed by atoms with Crippen LogP contribution in [0.1, 0.15) is 175 Å². The zero-order chi connectivity index (χ0) is 55.6. The van der Waals surface area contributed by atoms with Crippen LogP contribution in [0.3, 0.4) is 0 Å². The van der Waals surface area contributed by atoms with E-state index in [-0.39, 0.29) is 58.1 Å². The van der Waals surface area contributed by atoms with E-state index in [4.69, 9.17) is 5.79 Å². The molecule has 380 valence electrons. The predicted octanol–water partition coefficient (Wildman–Crippen LogP) is 17.2. The maximum atomic E-state index is 9.95. The second kappa shape index (κ2) is 15.3. The number of hydrogen-bond acceptors (Lipinski definition) is 4. The third-order valence-electron chi connectivity index (χ3n) is 20.5. The summed E-state index contributed by atoms with van der Waals surface area (Å²) in [4.78, 5) is 7.82. The lowest BCUT2D eigenvalue weighted by Gasteiger charge is -2.53. The van der Waals surface area contributed by atoms with E-state index in [9.17, 15) is 4.11 Å². The van der Waals surface area contributed by atoms with E-state index < -0.39 is 11.0 Å². The van der Waals surface area contributed by atoms with Crippen molar-refractivity contribution in [2.45, 2.75) is 180 Å². The molecule has 0 spiro atoms. The number of hydrogen-bond donors (Lipinski definition) is 0. The lowest BCUT2D eigenvalue weighted by atomic mass is 9.33. The number of nitrogens with zero attached hydrogens (tertiary/aromatic N) is 3. The fraction of sp³-hybridized carbons (Fsp3) is 0.400. The van der Waals surface area contributed by atoms with Crippen LogP contribution in [0.5, 0.6) is 0 Å². The Balaban J connectivity index is 1.18. The molecule has 6 aliphatic rings. The van der Waals surface area contributed by atoms with E-state index in [1.807, 2.05) is 0 Å². The fourth-order valence-electron chi connectivity index (χ4n) is 15.8. The van der Waals surface area contributed by atoms with Crippen LogP contribution in [0.4, 0.5) is 39.8 Å². The van der Waals surface area contributed by atoms with Gasteiger partial charge in [-0.2, -0.15) is 0 Å². The van der Waals surface area contributed by atoms with Crippen molar-refractivity contribution in [3.05, 3.63) is 155 Å². The van der Waals surface area contributed by atoms with Gasteiger partial charge in [-0.15, -0.1) is 0 Å².